The van der Waals surface area contributed by atoms with Gasteiger partial charge in [-0.3, -0.25) is 4.79 Å². The molecule has 1 N–H and O–H groups in total. The number of anilines is 2. The molecule has 4 rings (SSSR count). The highest BCUT2D eigenvalue weighted by molar-refractivity contribution is 5.93. The number of aromatic nitrogens is 2. The summed E-state index contributed by atoms with van der Waals surface area (Å²) in [7, 11) is 0. The minimum Gasteiger partial charge on any atom is -0.340 e. The summed E-state index contributed by atoms with van der Waals surface area (Å²) in [5.41, 5.74) is 2.98. The first-order valence-corrected chi connectivity index (χ1v) is 8.93. The maximum absolute atomic E-state index is 13.4. The van der Waals surface area contributed by atoms with Crippen LogP contribution in [0.15, 0.2) is 48.5 Å². The predicted octanol–water partition coefficient (Wildman–Crippen LogP) is 4.01. The Balaban J connectivity index is 1.56. The number of nitrogens with zero attached hydrogens (tertiary/aromatic N) is 3. The van der Waals surface area contributed by atoms with Gasteiger partial charge >= 0.3 is 0 Å². The van der Waals surface area contributed by atoms with Crippen LogP contribution in [0.5, 0.6) is 0 Å². The molecular formula is C21H18F2N4O. The van der Waals surface area contributed by atoms with Crippen LogP contribution in [0.2, 0.25) is 0 Å². The van der Waals surface area contributed by atoms with Gasteiger partial charge in [-0.25, -0.2) is 18.7 Å². The summed E-state index contributed by atoms with van der Waals surface area (Å²) in [5, 5.41) is 2.90. The molecule has 1 aliphatic rings. The molecule has 0 fully saturated rings. The fraction of sp³-hybridized carbons (Fsp3) is 0.190. The second-order valence-electron chi connectivity index (χ2n) is 6.68. The molecule has 0 bridgehead atoms. The largest absolute Gasteiger partial charge is 0.340 e. The lowest BCUT2D eigenvalue weighted by atomic mass is 10.00. The second-order valence-corrected chi connectivity index (χ2v) is 6.68. The number of aryl methyl sites for hydroxylation is 1. The Morgan fingerprint density at radius 1 is 1.04 bits per heavy atom. The zero-order valence-electron chi connectivity index (χ0n) is 15.2. The minimum atomic E-state index is -0.959. The van der Waals surface area contributed by atoms with E-state index in [-0.39, 0.29) is 11.6 Å². The van der Waals surface area contributed by atoms with Crippen molar-refractivity contribution in [3.63, 3.8) is 0 Å². The zero-order chi connectivity index (χ0) is 19.7. The summed E-state index contributed by atoms with van der Waals surface area (Å²) in [4.78, 5) is 23.2. The van der Waals surface area contributed by atoms with E-state index in [1.807, 2.05) is 18.2 Å². The lowest BCUT2D eigenvalue weighted by Crippen LogP contribution is -2.36. The number of fused-ring (bicyclic) bond motifs is 1. The molecule has 1 aliphatic heterocycles. The molecule has 7 heteroatoms. The van der Waals surface area contributed by atoms with Crippen LogP contribution in [0, 0.1) is 18.6 Å². The van der Waals surface area contributed by atoms with Crippen LogP contribution in [-0.2, 0) is 13.0 Å². The van der Waals surface area contributed by atoms with Crippen molar-refractivity contribution in [2.45, 2.75) is 19.9 Å². The Labute approximate surface area is 161 Å². The van der Waals surface area contributed by atoms with Gasteiger partial charge in [0.1, 0.15) is 17.3 Å². The number of amides is 1. The molecule has 5 nitrogen and oxygen atoms in total. The van der Waals surface area contributed by atoms with Crippen molar-refractivity contribution < 1.29 is 13.6 Å². The molecule has 142 valence electrons. The van der Waals surface area contributed by atoms with E-state index in [1.165, 1.54) is 17.7 Å². The first-order chi connectivity index (χ1) is 13.5. The fourth-order valence-electron chi connectivity index (χ4n) is 3.29. The third kappa shape index (κ3) is 3.69. The van der Waals surface area contributed by atoms with E-state index in [0.717, 1.165) is 24.1 Å². The van der Waals surface area contributed by atoms with E-state index in [2.05, 4.69) is 21.4 Å². The number of carbonyl (C=O) groups excluding carboxylic acids is 1. The van der Waals surface area contributed by atoms with Crippen LogP contribution in [0.4, 0.5) is 20.3 Å². The van der Waals surface area contributed by atoms with Crippen molar-refractivity contribution in [3.8, 4) is 0 Å². The second kappa shape index (κ2) is 7.34. The van der Waals surface area contributed by atoms with Crippen LogP contribution >= 0.6 is 0 Å². The molecule has 0 aliphatic carbocycles. The van der Waals surface area contributed by atoms with E-state index in [9.17, 15) is 13.6 Å². The van der Waals surface area contributed by atoms with Gasteiger partial charge in [0.15, 0.2) is 11.6 Å². The van der Waals surface area contributed by atoms with Gasteiger partial charge in [0, 0.05) is 30.9 Å². The van der Waals surface area contributed by atoms with Crippen molar-refractivity contribution in [2.75, 3.05) is 11.9 Å². The molecule has 2 heterocycles. The summed E-state index contributed by atoms with van der Waals surface area (Å²) < 4.78 is 26.5. The van der Waals surface area contributed by atoms with Crippen LogP contribution < -0.4 is 5.32 Å². The first-order valence-electron chi connectivity index (χ1n) is 8.93. The standard InChI is InChI=1S/C21H18F2N4O/c1-13-24-19(11-20(25-13)26-16-6-7-17(22)18(23)10-16)21(28)27-9-8-14-4-2-3-5-15(14)12-27/h2-7,10-11H,8-9,12H2,1H3,(H,24,25,26). The Morgan fingerprint density at radius 3 is 2.61 bits per heavy atom. The topological polar surface area (TPSA) is 58.1 Å². The summed E-state index contributed by atoms with van der Waals surface area (Å²) >= 11 is 0. The van der Waals surface area contributed by atoms with Crippen molar-refractivity contribution in [2.24, 2.45) is 0 Å². The molecule has 1 amide bonds. The van der Waals surface area contributed by atoms with Gasteiger partial charge in [0.05, 0.1) is 0 Å². The molecule has 0 spiro atoms. The van der Waals surface area contributed by atoms with Crippen molar-refractivity contribution in [3.05, 3.63) is 82.8 Å². The maximum Gasteiger partial charge on any atom is 0.272 e. The van der Waals surface area contributed by atoms with E-state index < -0.39 is 11.6 Å². The lowest BCUT2D eigenvalue weighted by molar-refractivity contribution is 0.0728. The molecule has 0 unspecified atom stereocenters. The lowest BCUT2D eigenvalue weighted by Gasteiger charge is -2.28. The number of nitrogens with one attached hydrogen (secondary N) is 1. The maximum atomic E-state index is 13.4. The molecule has 1 aromatic heterocycles. The number of carbonyl (C=O) groups is 1. The summed E-state index contributed by atoms with van der Waals surface area (Å²) in [6.07, 6.45) is 0.798. The number of halogens is 2. The van der Waals surface area contributed by atoms with Gasteiger partial charge in [-0.1, -0.05) is 24.3 Å². The highest BCUT2D eigenvalue weighted by atomic mass is 19.2. The van der Waals surface area contributed by atoms with Crippen LogP contribution in [-0.4, -0.2) is 27.3 Å². The van der Waals surface area contributed by atoms with Gasteiger partial charge in [-0.15, -0.1) is 0 Å². The highest BCUT2D eigenvalue weighted by Crippen LogP contribution is 2.22. The predicted molar refractivity (Wildman–Crippen MR) is 101 cm³/mol. The summed E-state index contributed by atoms with van der Waals surface area (Å²) in [6, 6.07) is 13.1. The van der Waals surface area contributed by atoms with Crippen molar-refractivity contribution in [1.29, 1.82) is 0 Å². The van der Waals surface area contributed by atoms with Crippen molar-refractivity contribution in [1.82, 2.24) is 14.9 Å². The van der Waals surface area contributed by atoms with Gasteiger partial charge in [-0.2, -0.15) is 0 Å². The summed E-state index contributed by atoms with van der Waals surface area (Å²) in [5.74, 6) is -1.31. The normalized spacial score (nSPS) is 13.2. The Kier molecular flexibility index (Phi) is 4.73. The van der Waals surface area contributed by atoms with Gasteiger partial charge in [0.2, 0.25) is 0 Å². The molecule has 0 atom stereocenters. The Morgan fingerprint density at radius 2 is 1.82 bits per heavy atom. The van der Waals surface area contributed by atoms with E-state index in [4.69, 9.17) is 0 Å². The van der Waals surface area contributed by atoms with Crippen molar-refractivity contribution >= 4 is 17.4 Å². The van der Waals surface area contributed by atoms with E-state index in [0.29, 0.717) is 30.4 Å². The monoisotopic (exact) mass is 380 g/mol. The van der Waals surface area contributed by atoms with Gasteiger partial charge in [-0.05, 0) is 36.6 Å². The third-order valence-corrected chi connectivity index (χ3v) is 4.67. The van der Waals surface area contributed by atoms with E-state index >= 15 is 0 Å². The molecule has 28 heavy (non-hydrogen) atoms. The average molecular weight is 380 g/mol. The number of rotatable bonds is 3. The first kappa shape index (κ1) is 18.0. The van der Waals surface area contributed by atoms with Gasteiger partial charge in [0.25, 0.3) is 5.91 Å². The van der Waals surface area contributed by atoms with Gasteiger partial charge < -0.3 is 10.2 Å². The van der Waals surface area contributed by atoms with Crippen LogP contribution in [0.1, 0.15) is 27.4 Å². The quantitative estimate of drug-likeness (QED) is 0.746. The summed E-state index contributed by atoms with van der Waals surface area (Å²) in [6.45, 7) is 2.83. The molecule has 3 aromatic rings. The van der Waals surface area contributed by atoms with Crippen LogP contribution in [0.3, 0.4) is 0 Å². The number of hydrogen-bond donors (Lipinski definition) is 1. The average Bonchev–Trinajstić information content (AvgIpc) is 2.69. The Hall–Kier alpha value is -3.35. The molecule has 2 aromatic carbocycles. The Bertz CT molecular complexity index is 1050. The molecule has 0 radical (unpaired) electrons. The number of benzene rings is 2. The van der Waals surface area contributed by atoms with Crippen LogP contribution in [0.25, 0.3) is 0 Å². The SMILES string of the molecule is Cc1nc(Nc2ccc(F)c(F)c2)cc(C(=O)N2CCc3ccccc3C2)n1. The smallest absolute Gasteiger partial charge is 0.272 e. The molecular weight excluding hydrogens is 362 g/mol. The highest BCUT2D eigenvalue weighted by Gasteiger charge is 2.23. The zero-order valence-corrected chi connectivity index (χ0v) is 15.2. The molecule has 0 saturated carbocycles. The minimum absolute atomic E-state index is 0.187. The fourth-order valence-corrected chi connectivity index (χ4v) is 3.29. The number of hydrogen-bond acceptors (Lipinski definition) is 4. The van der Waals surface area contributed by atoms with E-state index in [1.54, 1.807) is 11.8 Å². The molecule has 0 saturated heterocycles. The third-order valence-electron chi connectivity index (χ3n) is 4.67.